The molecule has 5 heteroatoms. The Morgan fingerprint density at radius 2 is 1.95 bits per heavy atom. The molecule has 1 aliphatic carbocycles. The van der Waals surface area contributed by atoms with Crippen LogP contribution in [0.3, 0.4) is 0 Å². The first-order chi connectivity index (χ1) is 9.76. The Morgan fingerprint density at radius 1 is 1.25 bits per heavy atom. The van der Waals surface area contributed by atoms with Gasteiger partial charge in [0.05, 0.1) is 0 Å². The molecule has 1 aromatic rings. The molecular formula is C15H27N5. The Bertz CT molecular complexity index is 429. The monoisotopic (exact) mass is 277 g/mol. The van der Waals surface area contributed by atoms with Crippen molar-refractivity contribution in [2.75, 3.05) is 20.1 Å². The number of likely N-dealkylation sites (tertiary alicyclic amines) is 1. The van der Waals surface area contributed by atoms with Crippen LogP contribution in [0.25, 0.3) is 0 Å². The summed E-state index contributed by atoms with van der Waals surface area (Å²) >= 11 is 0. The standard InChI is InChI=1S/C15H27N5/c1-16-13(11-14-17-12-18-19(14)2)15(7-3-4-8-15)20-9-5-6-10-20/h12-13,16H,3-11H2,1-2H3. The Morgan fingerprint density at radius 3 is 2.50 bits per heavy atom. The summed E-state index contributed by atoms with van der Waals surface area (Å²) in [6, 6.07) is 0.478. The Balaban J connectivity index is 1.82. The number of rotatable bonds is 5. The third-order valence-corrected chi connectivity index (χ3v) is 5.39. The minimum absolute atomic E-state index is 0.344. The molecule has 1 saturated heterocycles. The van der Waals surface area contributed by atoms with E-state index in [0.717, 1.165) is 12.2 Å². The largest absolute Gasteiger partial charge is 0.315 e. The van der Waals surface area contributed by atoms with Crippen LogP contribution in [0.15, 0.2) is 6.33 Å². The molecule has 20 heavy (non-hydrogen) atoms. The zero-order valence-corrected chi connectivity index (χ0v) is 12.8. The molecule has 0 spiro atoms. The van der Waals surface area contributed by atoms with E-state index in [1.807, 2.05) is 11.7 Å². The van der Waals surface area contributed by atoms with Crippen molar-refractivity contribution >= 4 is 0 Å². The molecule has 0 amide bonds. The van der Waals surface area contributed by atoms with Crippen LogP contribution in [0, 0.1) is 0 Å². The molecule has 1 atom stereocenters. The van der Waals surface area contributed by atoms with Gasteiger partial charge in [-0.3, -0.25) is 9.58 Å². The van der Waals surface area contributed by atoms with E-state index in [0.29, 0.717) is 11.6 Å². The molecule has 3 rings (SSSR count). The summed E-state index contributed by atoms with van der Waals surface area (Å²) in [6.45, 7) is 2.55. The van der Waals surface area contributed by atoms with Crippen LogP contribution in [0.2, 0.25) is 0 Å². The van der Waals surface area contributed by atoms with Crippen LogP contribution in [-0.4, -0.2) is 51.4 Å². The van der Waals surface area contributed by atoms with Crippen LogP contribution in [-0.2, 0) is 13.5 Å². The summed E-state index contributed by atoms with van der Waals surface area (Å²) in [6.07, 6.45) is 10.8. The van der Waals surface area contributed by atoms with Crippen molar-refractivity contribution in [1.29, 1.82) is 0 Å². The van der Waals surface area contributed by atoms with Crippen molar-refractivity contribution in [3.8, 4) is 0 Å². The van der Waals surface area contributed by atoms with Gasteiger partial charge in [0.2, 0.25) is 0 Å². The van der Waals surface area contributed by atoms with Gasteiger partial charge in [-0.1, -0.05) is 12.8 Å². The summed E-state index contributed by atoms with van der Waals surface area (Å²) in [5, 5.41) is 7.82. The first-order valence-electron chi connectivity index (χ1n) is 8.01. The van der Waals surface area contributed by atoms with Gasteiger partial charge >= 0.3 is 0 Å². The van der Waals surface area contributed by atoms with Gasteiger partial charge in [-0.05, 0) is 45.8 Å². The Kier molecular flexibility index (Phi) is 4.08. The van der Waals surface area contributed by atoms with Crippen LogP contribution < -0.4 is 5.32 Å². The highest BCUT2D eigenvalue weighted by molar-refractivity contribution is 5.07. The van der Waals surface area contributed by atoms with E-state index in [9.17, 15) is 0 Å². The second-order valence-corrected chi connectivity index (χ2v) is 6.35. The summed E-state index contributed by atoms with van der Waals surface area (Å²) in [7, 11) is 4.10. The number of nitrogens with one attached hydrogen (secondary N) is 1. The highest BCUT2D eigenvalue weighted by atomic mass is 15.3. The minimum atomic E-state index is 0.344. The summed E-state index contributed by atoms with van der Waals surface area (Å²) in [5.41, 5.74) is 0.344. The van der Waals surface area contributed by atoms with Crippen molar-refractivity contribution in [2.45, 2.75) is 56.5 Å². The number of likely N-dealkylation sites (N-methyl/N-ethyl adjacent to an activating group) is 1. The smallest absolute Gasteiger partial charge is 0.138 e. The zero-order chi connectivity index (χ0) is 14.0. The van der Waals surface area contributed by atoms with Crippen molar-refractivity contribution in [3.05, 3.63) is 12.2 Å². The summed E-state index contributed by atoms with van der Waals surface area (Å²) < 4.78 is 1.91. The number of aryl methyl sites for hydroxylation is 1. The topological polar surface area (TPSA) is 46.0 Å². The molecule has 0 radical (unpaired) electrons. The summed E-state index contributed by atoms with van der Waals surface area (Å²) in [4.78, 5) is 7.19. The second kappa shape index (κ2) is 5.82. The van der Waals surface area contributed by atoms with Crippen molar-refractivity contribution in [2.24, 2.45) is 7.05 Å². The van der Waals surface area contributed by atoms with Crippen LogP contribution in [0.5, 0.6) is 0 Å². The molecule has 2 fully saturated rings. The van der Waals surface area contributed by atoms with E-state index in [1.165, 1.54) is 51.6 Å². The van der Waals surface area contributed by atoms with Crippen molar-refractivity contribution < 1.29 is 0 Å². The first kappa shape index (κ1) is 14.0. The molecule has 1 aliphatic heterocycles. The number of nitrogens with zero attached hydrogens (tertiary/aromatic N) is 4. The van der Waals surface area contributed by atoms with Gasteiger partial charge in [0.25, 0.3) is 0 Å². The van der Waals surface area contributed by atoms with Gasteiger partial charge in [-0.15, -0.1) is 0 Å². The molecule has 5 nitrogen and oxygen atoms in total. The molecule has 1 aromatic heterocycles. The van der Waals surface area contributed by atoms with Gasteiger partial charge in [-0.25, -0.2) is 4.98 Å². The van der Waals surface area contributed by atoms with E-state index < -0.39 is 0 Å². The number of hydrogen-bond acceptors (Lipinski definition) is 4. The van der Waals surface area contributed by atoms with Gasteiger partial charge in [-0.2, -0.15) is 5.10 Å². The third-order valence-electron chi connectivity index (χ3n) is 5.39. The quantitative estimate of drug-likeness (QED) is 0.882. The fourth-order valence-corrected chi connectivity index (χ4v) is 4.28. The lowest BCUT2D eigenvalue weighted by atomic mass is 9.84. The molecule has 112 valence electrons. The average Bonchev–Trinajstić information content (AvgIpc) is 3.18. The molecule has 1 saturated carbocycles. The highest BCUT2D eigenvalue weighted by Crippen LogP contribution is 2.40. The number of aromatic nitrogens is 3. The first-order valence-corrected chi connectivity index (χ1v) is 8.01. The Hall–Kier alpha value is -0.940. The van der Waals surface area contributed by atoms with E-state index in [4.69, 9.17) is 0 Å². The van der Waals surface area contributed by atoms with E-state index in [-0.39, 0.29) is 0 Å². The van der Waals surface area contributed by atoms with Crippen molar-refractivity contribution in [3.63, 3.8) is 0 Å². The lowest BCUT2D eigenvalue weighted by Gasteiger charge is -2.45. The number of hydrogen-bond donors (Lipinski definition) is 1. The lowest BCUT2D eigenvalue weighted by molar-refractivity contribution is 0.0786. The maximum absolute atomic E-state index is 4.43. The SMILES string of the molecule is CNC(Cc1ncnn1C)C1(N2CCCC2)CCCC1. The molecular weight excluding hydrogens is 250 g/mol. The normalized spacial score (nSPS) is 24.3. The van der Waals surface area contributed by atoms with Crippen LogP contribution in [0.1, 0.15) is 44.3 Å². The maximum Gasteiger partial charge on any atom is 0.138 e. The fourth-order valence-electron chi connectivity index (χ4n) is 4.28. The molecule has 1 N–H and O–H groups in total. The summed E-state index contributed by atoms with van der Waals surface area (Å²) in [5.74, 6) is 1.09. The highest BCUT2D eigenvalue weighted by Gasteiger charge is 2.46. The van der Waals surface area contributed by atoms with E-state index in [1.54, 1.807) is 6.33 Å². The van der Waals surface area contributed by atoms with Gasteiger partial charge in [0, 0.05) is 25.0 Å². The maximum atomic E-state index is 4.43. The molecule has 0 bridgehead atoms. The lowest BCUT2D eigenvalue weighted by Crippen LogP contribution is -2.59. The predicted molar refractivity (Wildman–Crippen MR) is 79.6 cm³/mol. The van der Waals surface area contributed by atoms with Gasteiger partial charge < -0.3 is 5.32 Å². The van der Waals surface area contributed by atoms with Gasteiger partial charge in [0.1, 0.15) is 12.2 Å². The second-order valence-electron chi connectivity index (χ2n) is 6.35. The molecule has 2 aliphatic rings. The van der Waals surface area contributed by atoms with Gasteiger partial charge in [0.15, 0.2) is 0 Å². The Labute approximate surface area is 121 Å². The minimum Gasteiger partial charge on any atom is -0.315 e. The zero-order valence-electron chi connectivity index (χ0n) is 12.8. The van der Waals surface area contributed by atoms with Crippen molar-refractivity contribution in [1.82, 2.24) is 25.0 Å². The van der Waals surface area contributed by atoms with Crippen LogP contribution >= 0.6 is 0 Å². The third kappa shape index (κ3) is 2.37. The average molecular weight is 277 g/mol. The molecule has 0 aromatic carbocycles. The van der Waals surface area contributed by atoms with E-state index in [2.05, 4.69) is 27.3 Å². The molecule has 1 unspecified atom stereocenters. The molecule has 2 heterocycles. The fraction of sp³-hybridized carbons (Fsp3) is 0.867. The predicted octanol–water partition coefficient (Wildman–Crippen LogP) is 1.35. The van der Waals surface area contributed by atoms with Crippen LogP contribution in [0.4, 0.5) is 0 Å². The van der Waals surface area contributed by atoms with E-state index >= 15 is 0 Å².